The molecule has 1 unspecified atom stereocenters. The molecule has 1 aliphatic carbocycles. The third-order valence-electron chi connectivity index (χ3n) is 3.47. The van der Waals surface area contributed by atoms with Crippen molar-refractivity contribution >= 4 is 0 Å². The van der Waals surface area contributed by atoms with Crippen molar-refractivity contribution in [3.8, 4) is 0 Å². The normalized spacial score (nSPS) is 16.9. The van der Waals surface area contributed by atoms with E-state index < -0.39 is 0 Å². The highest BCUT2D eigenvalue weighted by Gasteiger charge is 2.10. The van der Waals surface area contributed by atoms with Gasteiger partial charge < -0.3 is 10.6 Å². The molecule has 2 heteroatoms. The Kier molecular flexibility index (Phi) is 4.19. The summed E-state index contributed by atoms with van der Waals surface area (Å²) < 4.78 is 0. The fourth-order valence-corrected chi connectivity index (χ4v) is 2.75. The van der Waals surface area contributed by atoms with Gasteiger partial charge in [0.2, 0.25) is 0 Å². The van der Waals surface area contributed by atoms with Gasteiger partial charge in [-0.3, -0.25) is 0 Å². The van der Waals surface area contributed by atoms with Gasteiger partial charge in [0.15, 0.2) is 0 Å². The molecular weight excluding hydrogens is 208 g/mol. The maximum atomic E-state index is 5.82. The van der Waals surface area contributed by atoms with Crippen LogP contribution in [0.1, 0.15) is 36.5 Å². The molecule has 1 aliphatic rings. The van der Waals surface area contributed by atoms with Gasteiger partial charge >= 0.3 is 0 Å². The van der Waals surface area contributed by atoms with E-state index in [1.807, 2.05) is 0 Å². The van der Waals surface area contributed by atoms with Crippen molar-refractivity contribution in [2.75, 3.05) is 13.6 Å². The third kappa shape index (κ3) is 3.55. The molecule has 1 atom stereocenters. The first kappa shape index (κ1) is 12.6. The number of fused-ring (bicyclic) bond motifs is 1. The first-order chi connectivity index (χ1) is 8.15. The summed E-state index contributed by atoms with van der Waals surface area (Å²) in [6, 6.07) is 7.25. The summed E-state index contributed by atoms with van der Waals surface area (Å²) >= 11 is 0. The Morgan fingerprint density at radius 2 is 1.94 bits per heavy atom. The SMILES string of the molecule is CC(N)CN(C)Cc1ccc2c(c1)CCCC2. The molecule has 0 saturated carbocycles. The predicted octanol–water partition coefficient (Wildman–Crippen LogP) is 2.34. The molecule has 2 rings (SSSR count). The standard InChI is InChI=1S/C15H24N2/c1-12(16)10-17(2)11-13-7-8-14-5-3-4-6-15(14)9-13/h7-9,12H,3-6,10-11,16H2,1-2H3. The summed E-state index contributed by atoms with van der Waals surface area (Å²) in [5.74, 6) is 0. The number of hydrogen-bond acceptors (Lipinski definition) is 2. The topological polar surface area (TPSA) is 29.3 Å². The van der Waals surface area contributed by atoms with Crippen molar-refractivity contribution in [3.05, 3.63) is 34.9 Å². The zero-order valence-corrected chi connectivity index (χ0v) is 11.1. The van der Waals surface area contributed by atoms with Gasteiger partial charge in [-0.15, -0.1) is 0 Å². The number of likely N-dealkylation sites (N-methyl/N-ethyl adjacent to an activating group) is 1. The molecule has 94 valence electrons. The smallest absolute Gasteiger partial charge is 0.0231 e. The lowest BCUT2D eigenvalue weighted by Gasteiger charge is -2.21. The van der Waals surface area contributed by atoms with Crippen LogP contribution < -0.4 is 5.73 Å². The Hall–Kier alpha value is -0.860. The number of hydrogen-bond donors (Lipinski definition) is 1. The van der Waals surface area contributed by atoms with Gasteiger partial charge in [0.1, 0.15) is 0 Å². The molecule has 0 saturated heterocycles. The van der Waals surface area contributed by atoms with Gasteiger partial charge in [-0.1, -0.05) is 18.2 Å². The highest BCUT2D eigenvalue weighted by Crippen LogP contribution is 2.22. The summed E-state index contributed by atoms with van der Waals surface area (Å²) in [5, 5.41) is 0. The Labute approximate surface area is 105 Å². The minimum absolute atomic E-state index is 0.248. The zero-order chi connectivity index (χ0) is 12.3. The van der Waals surface area contributed by atoms with Crippen molar-refractivity contribution in [2.45, 2.75) is 45.2 Å². The van der Waals surface area contributed by atoms with Crippen molar-refractivity contribution in [3.63, 3.8) is 0 Å². The van der Waals surface area contributed by atoms with Gasteiger partial charge in [0, 0.05) is 19.1 Å². The lowest BCUT2D eigenvalue weighted by atomic mass is 9.90. The van der Waals surface area contributed by atoms with E-state index in [4.69, 9.17) is 5.73 Å². The second-order valence-electron chi connectivity index (χ2n) is 5.48. The molecule has 0 radical (unpaired) electrons. The molecule has 0 amide bonds. The maximum Gasteiger partial charge on any atom is 0.0231 e. The van der Waals surface area contributed by atoms with Gasteiger partial charge in [0.25, 0.3) is 0 Å². The lowest BCUT2D eigenvalue weighted by Crippen LogP contribution is -2.32. The first-order valence-corrected chi connectivity index (χ1v) is 6.70. The van der Waals surface area contributed by atoms with Crippen molar-refractivity contribution in [1.29, 1.82) is 0 Å². The van der Waals surface area contributed by atoms with E-state index in [0.29, 0.717) is 0 Å². The van der Waals surface area contributed by atoms with E-state index >= 15 is 0 Å². The van der Waals surface area contributed by atoms with E-state index in [2.05, 4.69) is 37.1 Å². The number of nitrogens with zero attached hydrogens (tertiary/aromatic N) is 1. The van der Waals surface area contributed by atoms with Crippen LogP contribution in [0.15, 0.2) is 18.2 Å². The minimum Gasteiger partial charge on any atom is -0.327 e. The Morgan fingerprint density at radius 1 is 1.24 bits per heavy atom. The number of rotatable bonds is 4. The summed E-state index contributed by atoms with van der Waals surface area (Å²) in [4.78, 5) is 2.30. The fraction of sp³-hybridized carbons (Fsp3) is 0.600. The number of benzene rings is 1. The van der Waals surface area contributed by atoms with Gasteiger partial charge in [0.05, 0.1) is 0 Å². The van der Waals surface area contributed by atoms with Crippen LogP contribution in [0, 0.1) is 0 Å². The van der Waals surface area contributed by atoms with Crippen LogP contribution in [0.25, 0.3) is 0 Å². The molecule has 0 bridgehead atoms. The third-order valence-corrected chi connectivity index (χ3v) is 3.47. The number of aryl methyl sites for hydroxylation is 2. The van der Waals surface area contributed by atoms with Crippen LogP contribution in [0.4, 0.5) is 0 Å². The summed E-state index contributed by atoms with van der Waals surface area (Å²) in [5.41, 5.74) is 10.4. The van der Waals surface area contributed by atoms with Gasteiger partial charge in [-0.25, -0.2) is 0 Å². The van der Waals surface area contributed by atoms with E-state index in [1.165, 1.54) is 31.2 Å². The van der Waals surface area contributed by atoms with Crippen LogP contribution >= 0.6 is 0 Å². The van der Waals surface area contributed by atoms with Gasteiger partial charge in [-0.05, 0) is 56.3 Å². The lowest BCUT2D eigenvalue weighted by molar-refractivity contribution is 0.310. The number of nitrogens with two attached hydrogens (primary N) is 1. The van der Waals surface area contributed by atoms with Crippen LogP contribution in [-0.2, 0) is 19.4 Å². The average molecular weight is 232 g/mol. The highest BCUT2D eigenvalue weighted by atomic mass is 15.1. The fourth-order valence-electron chi connectivity index (χ4n) is 2.75. The highest BCUT2D eigenvalue weighted by molar-refractivity contribution is 5.33. The van der Waals surface area contributed by atoms with Crippen LogP contribution in [-0.4, -0.2) is 24.5 Å². The first-order valence-electron chi connectivity index (χ1n) is 6.70. The molecule has 17 heavy (non-hydrogen) atoms. The summed E-state index contributed by atoms with van der Waals surface area (Å²) in [6.45, 7) is 4.02. The molecule has 1 aromatic carbocycles. The van der Waals surface area contributed by atoms with Crippen LogP contribution in [0.5, 0.6) is 0 Å². The minimum atomic E-state index is 0.248. The molecule has 0 fully saturated rings. The molecule has 2 N–H and O–H groups in total. The van der Waals surface area contributed by atoms with Crippen molar-refractivity contribution in [1.82, 2.24) is 4.90 Å². The van der Waals surface area contributed by atoms with E-state index in [9.17, 15) is 0 Å². The Bertz CT molecular complexity index is 371. The molecule has 0 spiro atoms. The van der Waals surface area contributed by atoms with Crippen LogP contribution in [0.3, 0.4) is 0 Å². The maximum absolute atomic E-state index is 5.82. The second kappa shape index (κ2) is 5.65. The average Bonchev–Trinajstić information content (AvgIpc) is 2.27. The summed E-state index contributed by atoms with van der Waals surface area (Å²) in [7, 11) is 2.14. The zero-order valence-electron chi connectivity index (χ0n) is 11.1. The molecule has 0 heterocycles. The van der Waals surface area contributed by atoms with Crippen molar-refractivity contribution < 1.29 is 0 Å². The van der Waals surface area contributed by atoms with Gasteiger partial charge in [-0.2, -0.15) is 0 Å². The Morgan fingerprint density at radius 3 is 2.65 bits per heavy atom. The molecule has 0 aliphatic heterocycles. The molecule has 0 aromatic heterocycles. The molecule has 1 aromatic rings. The monoisotopic (exact) mass is 232 g/mol. The Balaban J connectivity index is 2.01. The predicted molar refractivity (Wildman–Crippen MR) is 73.1 cm³/mol. The van der Waals surface area contributed by atoms with E-state index in [-0.39, 0.29) is 6.04 Å². The largest absolute Gasteiger partial charge is 0.327 e. The molecular formula is C15H24N2. The van der Waals surface area contributed by atoms with E-state index in [0.717, 1.165) is 13.1 Å². The second-order valence-corrected chi connectivity index (χ2v) is 5.48. The van der Waals surface area contributed by atoms with E-state index in [1.54, 1.807) is 11.1 Å². The van der Waals surface area contributed by atoms with Crippen molar-refractivity contribution in [2.24, 2.45) is 5.73 Å². The summed E-state index contributed by atoms with van der Waals surface area (Å²) in [6.07, 6.45) is 5.24. The van der Waals surface area contributed by atoms with Crippen LogP contribution in [0.2, 0.25) is 0 Å². The quantitative estimate of drug-likeness (QED) is 0.863. The molecule has 2 nitrogen and oxygen atoms in total.